The van der Waals surface area contributed by atoms with Crippen LogP contribution in [0.2, 0.25) is 0 Å². The Hall–Kier alpha value is -4.12. The van der Waals surface area contributed by atoms with Crippen molar-refractivity contribution in [3.8, 4) is 0 Å². The number of hydrogen-bond acceptors (Lipinski definition) is 7. The first-order valence-electron chi connectivity index (χ1n) is 12.9. The summed E-state index contributed by atoms with van der Waals surface area (Å²) in [4.78, 5) is 38.7. The Morgan fingerprint density at radius 2 is 1.68 bits per heavy atom. The molecule has 3 amide bonds. The third-order valence-corrected chi connectivity index (χ3v) is 7.92. The zero-order valence-electron chi connectivity index (χ0n) is 21.4. The molecule has 198 valence electrons. The van der Waals surface area contributed by atoms with Crippen molar-refractivity contribution < 1.29 is 14.4 Å². The molecule has 2 aromatic carbocycles. The Morgan fingerprint density at radius 3 is 2.18 bits per heavy atom. The third-order valence-electron chi connectivity index (χ3n) is 7.92. The lowest BCUT2D eigenvalue weighted by molar-refractivity contribution is -0.130. The Balaban J connectivity index is 1.56. The number of H-pyrrole nitrogens is 1. The number of tetrazole rings is 1. The molecule has 2 heterocycles. The minimum atomic E-state index is -0.864. The number of rotatable bonds is 8. The molecule has 0 spiro atoms. The number of nitrogens with one attached hydrogen (secondary N) is 2. The fraction of sp³-hybridized carbons (Fsp3) is 0.407. The number of benzene rings is 2. The van der Waals surface area contributed by atoms with Gasteiger partial charge in [-0.2, -0.15) is 5.21 Å². The Kier molecular flexibility index (Phi) is 6.94. The summed E-state index contributed by atoms with van der Waals surface area (Å²) in [6, 6.07) is 11.1. The molecule has 38 heavy (non-hydrogen) atoms. The van der Waals surface area contributed by atoms with E-state index in [0.29, 0.717) is 42.8 Å². The van der Waals surface area contributed by atoms with Gasteiger partial charge in [-0.3, -0.25) is 14.4 Å². The van der Waals surface area contributed by atoms with Crippen LogP contribution < -0.4 is 16.8 Å². The number of nitrogens with two attached hydrogens (primary N) is 2. The van der Waals surface area contributed by atoms with Crippen molar-refractivity contribution in [3.05, 3.63) is 75.6 Å². The molecule has 11 heteroatoms. The van der Waals surface area contributed by atoms with Crippen LogP contribution in [-0.2, 0) is 23.1 Å². The average Bonchev–Trinajstić information content (AvgIpc) is 3.57. The molecular weight excluding hydrogens is 484 g/mol. The minimum absolute atomic E-state index is 0.0856. The van der Waals surface area contributed by atoms with Gasteiger partial charge in [-0.15, -0.1) is 10.2 Å². The highest BCUT2D eigenvalue weighted by Gasteiger charge is 2.44. The topological polar surface area (TPSA) is 173 Å². The number of amides is 3. The maximum atomic E-state index is 12.8. The highest BCUT2D eigenvalue weighted by atomic mass is 16.2. The lowest BCUT2D eigenvalue weighted by Crippen LogP contribution is -2.42. The van der Waals surface area contributed by atoms with Crippen LogP contribution in [-0.4, -0.2) is 68.9 Å². The van der Waals surface area contributed by atoms with Crippen molar-refractivity contribution in [3.63, 3.8) is 0 Å². The predicted octanol–water partition coefficient (Wildman–Crippen LogP) is 0.821. The molecule has 1 atom stereocenters. The number of likely N-dealkylation sites (tertiary alicyclic amines) is 1. The Morgan fingerprint density at radius 1 is 1.05 bits per heavy atom. The van der Waals surface area contributed by atoms with E-state index in [1.807, 2.05) is 29.2 Å². The van der Waals surface area contributed by atoms with Crippen molar-refractivity contribution in [1.29, 1.82) is 0 Å². The summed E-state index contributed by atoms with van der Waals surface area (Å²) in [7, 11) is 0. The molecule has 5 rings (SSSR count). The van der Waals surface area contributed by atoms with Gasteiger partial charge in [0.25, 0.3) is 0 Å². The van der Waals surface area contributed by atoms with E-state index in [0.717, 1.165) is 41.6 Å². The molecule has 1 aromatic heterocycles. The number of primary amides is 2. The summed E-state index contributed by atoms with van der Waals surface area (Å²) >= 11 is 0. The molecule has 0 unspecified atom stereocenters. The van der Waals surface area contributed by atoms with Crippen LogP contribution >= 0.6 is 0 Å². The van der Waals surface area contributed by atoms with E-state index >= 15 is 0 Å². The van der Waals surface area contributed by atoms with Gasteiger partial charge in [-0.05, 0) is 92.1 Å². The van der Waals surface area contributed by atoms with Crippen LogP contribution in [0.1, 0.15) is 75.0 Å². The zero-order valence-corrected chi connectivity index (χ0v) is 21.4. The number of fused-ring (bicyclic) bond motifs is 2. The lowest BCUT2D eigenvalue weighted by Gasteiger charge is -2.34. The molecule has 1 fully saturated rings. The summed E-state index contributed by atoms with van der Waals surface area (Å²) in [6.07, 6.45) is 3.79. The molecule has 1 aliphatic heterocycles. The average molecular weight is 517 g/mol. The van der Waals surface area contributed by atoms with E-state index in [4.69, 9.17) is 11.5 Å². The number of carbonyl (C=O) groups excluding carboxylic acids is 3. The quantitative estimate of drug-likeness (QED) is 0.321. The van der Waals surface area contributed by atoms with Gasteiger partial charge in [-0.1, -0.05) is 17.3 Å². The fourth-order valence-electron chi connectivity index (χ4n) is 6.00. The molecule has 11 nitrogen and oxygen atoms in total. The van der Waals surface area contributed by atoms with Crippen molar-refractivity contribution >= 4 is 17.7 Å². The van der Waals surface area contributed by atoms with Crippen molar-refractivity contribution in [2.24, 2.45) is 11.5 Å². The lowest BCUT2D eigenvalue weighted by atomic mass is 9.69. The summed E-state index contributed by atoms with van der Waals surface area (Å²) in [6.45, 7) is 3.58. The second kappa shape index (κ2) is 10.3. The monoisotopic (exact) mass is 516 g/mol. The summed E-state index contributed by atoms with van der Waals surface area (Å²) in [5.41, 5.74) is 14.9. The van der Waals surface area contributed by atoms with Crippen LogP contribution in [0.25, 0.3) is 0 Å². The third kappa shape index (κ3) is 4.53. The minimum Gasteiger partial charge on any atom is -0.366 e. The second-order valence-electron chi connectivity index (χ2n) is 10.1. The number of carbonyl (C=O) groups is 3. The van der Waals surface area contributed by atoms with E-state index < -0.39 is 17.2 Å². The van der Waals surface area contributed by atoms with E-state index in [2.05, 4.69) is 32.9 Å². The van der Waals surface area contributed by atoms with Gasteiger partial charge >= 0.3 is 0 Å². The SMILES string of the molecule is C[C@@H]1CCCN1C(=O)CNCCC1(c2nn[nH]n2)c2ccc(C(N)=O)cc2CCc2cc(C(N)=O)ccc21. The maximum absolute atomic E-state index is 12.8. The van der Waals surface area contributed by atoms with Crippen molar-refractivity contribution in [2.45, 2.75) is 50.5 Å². The number of aromatic nitrogens is 4. The first kappa shape index (κ1) is 25.5. The van der Waals surface area contributed by atoms with Gasteiger partial charge in [0.15, 0.2) is 5.82 Å². The number of hydrogen-bond donors (Lipinski definition) is 4. The Labute approximate surface area is 220 Å². The highest BCUT2D eigenvalue weighted by Crippen LogP contribution is 2.46. The standard InChI is InChI=1S/C27H32N8O3/c1-16-3-2-12-35(16)23(36)15-30-11-10-27(26-31-33-34-32-26)21-8-6-19(24(28)37)13-17(21)4-5-18-14-20(25(29)38)7-9-22(18)27/h6-9,13-14,16,30H,2-5,10-12,15H2,1H3,(H2,28,37)(H2,29,38)(H,31,32,33,34)/t16-/m1/s1. The first-order valence-corrected chi connectivity index (χ1v) is 12.9. The maximum Gasteiger partial charge on any atom is 0.248 e. The van der Waals surface area contributed by atoms with Gasteiger partial charge in [0, 0.05) is 23.7 Å². The normalized spacial score (nSPS) is 17.9. The van der Waals surface area contributed by atoms with Gasteiger partial charge in [-0.25, -0.2) is 0 Å². The first-order chi connectivity index (χ1) is 18.3. The summed E-state index contributed by atoms with van der Waals surface area (Å²) < 4.78 is 0. The number of nitrogens with zero attached hydrogens (tertiary/aromatic N) is 4. The van der Waals surface area contributed by atoms with Crippen LogP contribution in [0.15, 0.2) is 36.4 Å². The molecule has 3 aromatic rings. The van der Waals surface area contributed by atoms with E-state index in [9.17, 15) is 14.4 Å². The molecule has 1 aliphatic carbocycles. The molecular formula is C27H32N8O3. The van der Waals surface area contributed by atoms with Crippen molar-refractivity contribution in [1.82, 2.24) is 30.8 Å². The van der Waals surface area contributed by atoms with Gasteiger partial charge in [0.1, 0.15) is 0 Å². The molecule has 0 saturated carbocycles. The van der Waals surface area contributed by atoms with Crippen LogP contribution in [0.5, 0.6) is 0 Å². The largest absolute Gasteiger partial charge is 0.366 e. The fourth-order valence-corrected chi connectivity index (χ4v) is 6.00. The van der Waals surface area contributed by atoms with Crippen LogP contribution in [0.3, 0.4) is 0 Å². The zero-order chi connectivity index (χ0) is 26.9. The predicted molar refractivity (Wildman–Crippen MR) is 139 cm³/mol. The van der Waals surface area contributed by atoms with Crippen LogP contribution in [0, 0.1) is 0 Å². The molecule has 0 radical (unpaired) electrons. The van der Waals surface area contributed by atoms with Gasteiger partial charge in [0.2, 0.25) is 17.7 Å². The van der Waals surface area contributed by atoms with Gasteiger partial charge in [0.05, 0.1) is 12.0 Å². The summed E-state index contributed by atoms with van der Waals surface area (Å²) in [5, 5.41) is 18.6. The van der Waals surface area contributed by atoms with E-state index in [-0.39, 0.29) is 18.5 Å². The smallest absolute Gasteiger partial charge is 0.248 e. The number of aryl methyl sites for hydroxylation is 2. The molecule has 1 saturated heterocycles. The van der Waals surface area contributed by atoms with Gasteiger partial charge < -0.3 is 21.7 Å². The van der Waals surface area contributed by atoms with E-state index in [1.165, 1.54) is 0 Å². The number of aromatic amines is 1. The molecule has 2 aliphatic rings. The van der Waals surface area contributed by atoms with E-state index in [1.54, 1.807) is 12.1 Å². The Bertz CT molecular complexity index is 1310. The van der Waals surface area contributed by atoms with Crippen molar-refractivity contribution in [2.75, 3.05) is 19.6 Å². The second-order valence-corrected chi connectivity index (χ2v) is 10.1. The molecule has 6 N–H and O–H groups in total. The van der Waals surface area contributed by atoms with Crippen LogP contribution in [0.4, 0.5) is 0 Å². The molecule has 0 bridgehead atoms. The summed E-state index contributed by atoms with van der Waals surface area (Å²) in [5.74, 6) is -0.469. The highest BCUT2D eigenvalue weighted by molar-refractivity contribution is 5.94.